The Kier molecular flexibility index (Phi) is 4.77. The third-order valence-corrected chi connectivity index (χ3v) is 5.34. The van der Waals surface area contributed by atoms with Crippen LogP contribution in [0.4, 0.5) is 11.6 Å². The second-order valence-corrected chi connectivity index (χ2v) is 7.60. The lowest BCUT2D eigenvalue weighted by Gasteiger charge is -2.28. The Morgan fingerprint density at radius 2 is 1.86 bits per heavy atom. The molecule has 2 aromatic carbocycles. The summed E-state index contributed by atoms with van der Waals surface area (Å²) in [5.74, 6) is 2.15. The highest BCUT2D eigenvalue weighted by Gasteiger charge is 2.19. The van der Waals surface area contributed by atoms with E-state index in [0.717, 1.165) is 48.9 Å². The van der Waals surface area contributed by atoms with Gasteiger partial charge in [-0.1, -0.05) is 29.8 Å². The first kappa shape index (κ1) is 17.9. The summed E-state index contributed by atoms with van der Waals surface area (Å²) in [7, 11) is 0. The molecule has 0 spiro atoms. The largest absolute Gasteiger partial charge is 0.486 e. The van der Waals surface area contributed by atoms with Gasteiger partial charge in [0.1, 0.15) is 13.2 Å². The summed E-state index contributed by atoms with van der Waals surface area (Å²) in [5.41, 5.74) is 5.86. The highest BCUT2D eigenvalue weighted by Crippen LogP contribution is 2.33. The Labute approximate surface area is 170 Å². The maximum atomic E-state index is 5.65. The van der Waals surface area contributed by atoms with Crippen LogP contribution in [0.2, 0.25) is 0 Å². The number of nitrogens with one attached hydrogen (secondary N) is 1. The predicted octanol–water partition coefficient (Wildman–Crippen LogP) is 3.86. The van der Waals surface area contributed by atoms with Crippen LogP contribution in [-0.2, 0) is 19.5 Å². The summed E-state index contributed by atoms with van der Waals surface area (Å²) in [6.07, 6.45) is 2.88. The molecule has 148 valence electrons. The molecule has 0 aliphatic carbocycles. The van der Waals surface area contributed by atoms with Crippen molar-refractivity contribution in [3.63, 3.8) is 0 Å². The Balaban J connectivity index is 1.27. The van der Waals surface area contributed by atoms with Gasteiger partial charge in [0.2, 0.25) is 5.95 Å². The molecule has 0 saturated heterocycles. The first-order valence-electron chi connectivity index (χ1n) is 10.0. The minimum atomic E-state index is 0.574. The number of hydrogen-bond acceptors (Lipinski definition) is 6. The third kappa shape index (κ3) is 4.03. The van der Waals surface area contributed by atoms with Crippen LogP contribution >= 0.6 is 0 Å². The van der Waals surface area contributed by atoms with E-state index in [4.69, 9.17) is 14.5 Å². The van der Waals surface area contributed by atoms with Gasteiger partial charge >= 0.3 is 0 Å². The second-order valence-electron chi connectivity index (χ2n) is 7.60. The van der Waals surface area contributed by atoms with Crippen molar-refractivity contribution in [2.24, 2.45) is 0 Å². The van der Waals surface area contributed by atoms with E-state index in [1.165, 1.54) is 16.7 Å². The zero-order valence-electron chi connectivity index (χ0n) is 16.5. The molecule has 1 aromatic heterocycles. The van der Waals surface area contributed by atoms with Crippen molar-refractivity contribution in [2.75, 3.05) is 25.1 Å². The molecule has 5 rings (SSSR count). The lowest BCUT2D eigenvalue weighted by molar-refractivity contribution is 0.171. The maximum Gasteiger partial charge on any atom is 0.227 e. The summed E-state index contributed by atoms with van der Waals surface area (Å²) in [4.78, 5) is 11.7. The molecule has 0 amide bonds. The van der Waals surface area contributed by atoms with Crippen molar-refractivity contribution in [3.05, 3.63) is 71.0 Å². The summed E-state index contributed by atoms with van der Waals surface area (Å²) >= 11 is 0. The van der Waals surface area contributed by atoms with Gasteiger partial charge in [0.15, 0.2) is 11.5 Å². The van der Waals surface area contributed by atoms with Crippen molar-refractivity contribution >= 4 is 11.6 Å². The summed E-state index contributed by atoms with van der Waals surface area (Å²) in [5, 5.41) is 3.29. The molecule has 0 atom stereocenters. The molecule has 29 heavy (non-hydrogen) atoms. The van der Waals surface area contributed by atoms with Crippen LogP contribution in [0.15, 0.2) is 48.7 Å². The number of hydrogen-bond donors (Lipinski definition) is 1. The molecule has 2 aliphatic rings. The van der Waals surface area contributed by atoms with E-state index in [9.17, 15) is 0 Å². The van der Waals surface area contributed by atoms with Gasteiger partial charge in [-0.2, -0.15) is 0 Å². The maximum absolute atomic E-state index is 5.65. The number of rotatable bonds is 4. The lowest BCUT2D eigenvalue weighted by atomic mass is 10.1. The van der Waals surface area contributed by atoms with Crippen LogP contribution in [0.5, 0.6) is 11.5 Å². The van der Waals surface area contributed by atoms with Crippen LogP contribution < -0.4 is 14.8 Å². The van der Waals surface area contributed by atoms with Crippen LogP contribution in [-0.4, -0.2) is 34.6 Å². The van der Waals surface area contributed by atoms with E-state index in [2.05, 4.69) is 46.4 Å². The third-order valence-electron chi connectivity index (χ3n) is 5.34. The standard InChI is InChI=1S/C23H24N4O2/c1-16-2-4-17(5-3-16)14-27-9-8-20-18(15-27)13-24-23(26-20)25-19-6-7-21-22(12-19)29-11-10-28-21/h2-7,12-13H,8-11,14-15H2,1H3,(H,24,25,26). The van der Waals surface area contributed by atoms with Crippen LogP contribution in [0, 0.1) is 6.92 Å². The molecule has 2 aliphatic heterocycles. The number of aryl methyl sites for hydroxylation is 1. The van der Waals surface area contributed by atoms with Crippen LogP contribution in [0.1, 0.15) is 22.4 Å². The Hall–Kier alpha value is -3.12. The lowest BCUT2D eigenvalue weighted by Crippen LogP contribution is -2.31. The normalized spacial score (nSPS) is 15.6. The molecule has 0 fully saturated rings. The fourth-order valence-corrected chi connectivity index (χ4v) is 3.77. The average molecular weight is 388 g/mol. The fraction of sp³-hybridized carbons (Fsp3) is 0.304. The van der Waals surface area contributed by atoms with Crippen molar-refractivity contribution in [1.29, 1.82) is 0 Å². The molecule has 1 N–H and O–H groups in total. The van der Waals surface area contributed by atoms with Crippen molar-refractivity contribution < 1.29 is 9.47 Å². The van der Waals surface area contributed by atoms with E-state index in [0.29, 0.717) is 19.2 Å². The molecule has 0 saturated carbocycles. The SMILES string of the molecule is Cc1ccc(CN2CCc3nc(Nc4ccc5c(c4)OCCO5)ncc3C2)cc1. The van der Waals surface area contributed by atoms with Gasteiger partial charge in [-0.3, -0.25) is 4.90 Å². The van der Waals surface area contributed by atoms with Crippen molar-refractivity contribution in [3.8, 4) is 11.5 Å². The molecule has 6 heteroatoms. The molecule has 0 unspecified atom stereocenters. The topological polar surface area (TPSA) is 59.5 Å². The molecule has 6 nitrogen and oxygen atoms in total. The number of aromatic nitrogens is 2. The van der Waals surface area contributed by atoms with Gasteiger partial charge in [-0.05, 0) is 24.6 Å². The fourth-order valence-electron chi connectivity index (χ4n) is 3.77. The summed E-state index contributed by atoms with van der Waals surface area (Å²) in [6.45, 7) is 6.13. The number of anilines is 2. The Morgan fingerprint density at radius 1 is 1.03 bits per heavy atom. The minimum absolute atomic E-state index is 0.574. The van der Waals surface area contributed by atoms with E-state index in [-0.39, 0.29) is 0 Å². The predicted molar refractivity (Wildman–Crippen MR) is 112 cm³/mol. The van der Waals surface area contributed by atoms with E-state index in [1.54, 1.807) is 0 Å². The summed E-state index contributed by atoms with van der Waals surface area (Å²) in [6, 6.07) is 14.6. The van der Waals surface area contributed by atoms with Crippen LogP contribution in [0.25, 0.3) is 0 Å². The summed E-state index contributed by atoms with van der Waals surface area (Å²) < 4.78 is 11.2. The van der Waals surface area contributed by atoms with Gasteiger partial charge in [0.25, 0.3) is 0 Å². The van der Waals surface area contributed by atoms with Gasteiger partial charge < -0.3 is 14.8 Å². The average Bonchev–Trinajstić information content (AvgIpc) is 2.75. The molecule has 3 heterocycles. The number of benzene rings is 2. The minimum Gasteiger partial charge on any atom is -0.486 e. The molecular formula is C23H24N4O2. The number of fused-ring (bicyclic) bond motifs is 2. The van der Waals surface area contributed by atoms with Gasteiger partial charge in [0, 0.05) is 49.6 Å². The van der Waals surface area contributed by atoms with Crippen molar-refractivity contribution in [2.45, 2.75) is 26.4 Å². The van der Waals surface area contributed by atoms with Gasteiger partial charge in [-0.15, -0.1) is 0 Å². The first-order valence-corrected chi connectivity index (χ1v) is 10.0. The van der Waals surface area contributed by atoms with Crippen molar-refractivity contribution in [1.82, 2.24) is 14.9 Å². The van der Waals surface area contributed by atoms with E-state index < -0.39 is 0 Å². The highest BCUT2D eigenvalue weighted by molar-refractivity contribution is 5.60. The van der Waals surface area contributed by atoms with Gasteiger partial charge in [-0.25, -0.2) is 9.97 Å². The molecular weight excluding hydrogens is 364 g/mol. The van der Waals surface area contributed by atoms with Gasteiger partial charge in [0.05, 0.1) is 5.69 Å². The number of nitrogens with zero attached hydrogens (tertiary/aromatic N) is 3. The zero-order valence-corrected chi connectivity index (χ0v) is 16.5. The van der Waals surface area contributed by atoms with E-state index in [1.807, 2.05) is 24.4 Å². The molecule has 0 bridgehead atoms. The second kappa shape index (κ2) is 7.72. The number of ether oxygens (including phenoxy) is 2. The molecule has 3 aromatic rings. The quantitative estimate of drug-likeness (QED) is 0.732. The van der Waals surface area contributed by atoms with E-state index >= 15 is 0 Å². The Morgan fingerprint density at radius 3 is 2.72 bits per heavy atom. The van der Waals surface area contributed by atoms with Crippen LogP contribution in [0.3, 0.4) is 0 Å². The zero-order chi connectivity index (χ0) is 19.6. The monoisotopic (exact) mass is 388 g/mol. The first-order chi connectivity index (χ1) is 14.2. The smallest absolute Gasteiger partial charge is 0.227 e. The molecule has 0 radical (unpaired) electrons. The Bertz CT molecular complexity index is 1020. The highest BCUT2D eigenvalue weighted by atomic mass is 16.6.